The second kappa shape index (κ2) is 7.02. The van der Waals surface area contributed by atoms with Gasteiger partial charge in [-0.15, -0.1) is 11.3 Å². The van der Waals surface area contributed by atoms with Gasteiger partial charge in [-0.05, 0) is 30.3 Å². The summed E-state index contributed by atoms with van der Waals surface area (Å²) in [6, 6.07) is 12.9. The maximum atomic E-state index is 14.1. The monoisotopic (exact) mass is 427 g/mol. The largest absolute Gasteiger partial charge is 0.467 e. The van der Waals surface area contributed by atoms with Crippen molar-refractivity contribution in [3.63, 3.8) is 0 Å². The maximum Gasteiger partial charge on any atom is 0.289 e. The molecule has 0 radical (unpaired) electrons. The fourth-order valence-corrected chi connectivity index (χ4v) is 4.84. The minimum absolute atomic E-state index is 0.0212. The van der Waals surface area contributed by atoms with E-state index in [1.165, 1.54) is 28.6 Å². The van der Waals surface area contributed by atoms with Gasteiger partial charge in [-0.3, -0.25) is 9.69 Å². The van der Waals surface area contributed by atoms with E-state index in [1.54, 1.807) is 12.1 Å². The van der Waals surface area contributed by atoms with Gasteiger partial charge in [0.1, 0.15) is 17.1 Å². The Balaban J connectivity index is 1.61. The normalized spacial score (nSPS) is 11.4. The standard InChI is InChI=1S/C20H11F2N3O2S2/c21-11-8-13(22)17-16(9-11)29-20(24-17)25(10-12-4-3-7-27-12)19(26)18-23-14-5-1-2-6-15(14)28-18/h1-9H,10H2. The Hall–Kier alpha value is -3.17. The second-order valence-electron chi connectivity index (χ2n) is 6.19. The number of rotatable bonds is 4. The van der Waals surface area contributed by atoms with Gasteiger partial charge in [0, 0.05) is 6.07 Å². The summed E-state index contributed by atoms with van der Waals surface area (Å²) < 4.78 is 34.3. The van der Waals surface area contributed by atoms with Crippen molar-refractivity contribution < 1.29 is 18.0 Å². The summed E-state index contributed by atoms with van der Waals surface area (Å²) in [6.07, 6.45) is 1.50. The van der Waals surface area contributed by atoms with Crippen LogP contribution >= 0.6 is 22.7 Å². The average molecular weight is 427 g/mol. The molecule has 29 heavy (non-hydrogen) atoms. The number of aromatic nitrogens is 2. The quantitative estimate of drug-likeness (QED) is 0.373. The molecule has 0 atom stereocenters. The molecule has 0 unspecified atom stereocenters. The summed E-state index contributed by atoms with van der Waals surface area (Å²) >= 11 is 2.30. The van der Waals surface area contributed by atoms with Crippen LogP contribution in [0.25, 0.3) is 20.4 Å². The van der Waals surface area contributed by atoms with Crippen LogP contribution in [-0.2, 0) is 6.54 Å². The van der Waals surface area contributed by atoms with E-state index in [9.17, 15) is 13.6 Å². The molecule has 0 bridgehead atoms. The highest BCUT2D eigenvalue weighted by atomic mass is 32.1. The summed E-state index contributed by atoms with van der Waals surface area (Å²) in [7, 11) is 0. The van der Waals surface area contributed by atoms with Crippen molar-refractivity contribution in [3.8, 4) is 0 Å². The van der Waals surface area contributed by atoms with Crippen molar-refractivity contribution in [1.82, 2.24) is 9.97 Å². The molecule has 0 aliphatic carbocycles. The Bertz CT molecular complexity index is 1310. The average Bonchev–Trinajstić information content (AvgIpc) is 3.44. The Morgan fingerprint density at radius 2 is 1.90 bits per heavy atom. The summed E-state index contributed by atoms with van der Waals surface area (Å²) in [5, 5.41) is 0.522. The Morgan fingerprint density at radius 3 is 2.69 bits per heavy atom. The first-order valence-electron chi connectivity index (χ1n) is 8.54. The summed E-state index contributed by atoms with van der Waals surface area (Å²) in [5.74, 6) is -1.32. The lowest BCUT2D eigenvalue weighted by Gasteiger charge is -2.17. The lowest BCUT2D eigenvalue weighted by Crippen LogP contribution is -2.30. The number of hydrogen-bond acceptors (Lipinski definition) is 6. The molecule has 3 aromatic heterocycles. The van der Waals surface area contributed by atoms with Crippen LogP contribution in [0.2, 0.25) is 0 Å². The lowest BCUT2D eigenvalue weighted by molar-refractivity contribution is 0.0983. The number of carbonyl (C=O) groups excluding carboxylic acids is 1. The van der Waals surface area contributed by atoms with Gasteiger partial charge in [0.15, 0.2) is 16.0 Å². The van der Waals surface area contributed by atoms with Gasteiger partial charge in [0.05, 0.1) is 27.7 Å². The third kappa shape index (κ3) is 3.28. The van der Waals surface area contributed by atoms with E-state index in [1.807, 2.05) is 24.3 Å². The second-order valence-corrected chi connectivity index (χ2v) is 8.23. The van der Waals surface area contributed by atoms with Gasteiger partial charge in [-0.2, -0.15) is 0 Å². The molecule has 0 fully saturated rings. The van der Waals surface area contributed by atoms with Gasteiger partial charge in [0.25, 0.3) is 5.91 Å². The highest BCUT2D eigenvalue weighted by Crippen LogP contribution is 2.33. The highest BCUT2D eigenvalue weighted by molar-refractivity contribution is 7.22. The molecule has 5 rings (SSSR count). The molecule has 2 aromatic carbocycles. The van der Waals surface area contributed by atoms with Crippen molar-refractivity contribution in [2.45, 2.75) is 6.54 Å². The Morgan fingerprint density at radius 1 is 1.03 bits per heavy atom. The first-order valence-corrected chi connectivity index (χ1v) is 10.2. The van der Waals surface area contributed by atoms with Crippen LogP contribution in [0.3, 0.4) is 0 Å². The smallest absolute Gasteiger partial charge is 0.289 e. The van der Waals surface area contributed by atoms with E-state index in [-0.39, 0.29) is 28.1 Å². The first kappa shape index (κ1) is 17.9. The fraction of sp³-hybridized carbons (Fsp3) is 0.0500. The van der Waals surface area contributed by atoms with Crippen LogP contribution in [0.1, 0.15) is 15.6 Å². The third-order valence-corrected chi connectivity index (χ3v) is 6.30. The predicted octanol–water partition coefficient (Wildman–Crippen LogP) is 5.62. The molecule has 5 nitrogen and oxygen atoms in total. The molecule has 3 heterocycles. The summed E-state index contributed by atoms with van der Waals surface area (Å²) in [5.41, 5.74) is 0.740. The number of nitrogens with zero attached hydrogens (tertiary/aromatic N) is 3. The molecule has 144 valence electrons. The molecule has 0 N–H and O–H groups in total. The summed E-state index contributed by atoms with van der Waals surface area (Å²) in [4.78, 5) is 23.3. The van der Waals surface area contributed by atoms with Crippen LogP contribution in [0.15, 0.2) is 59.2 Å². The van der Waals surface area contributed by atoms with E-state index >= 15 is 0 Å². The van der Waals surface area contributed by atoms with Crippen LogP contribution < -0.4 is 4.90 Å². The molecule has 0 saturated heterocycles. The molecule has 0 spiro atoms. The van der Waals surface area contributed by atoms with Crippen LogP contribution in [0, 0.1) is 11.6 Å². The number of amides is 1. The minimum atomic E-state index is -0.770. The SMILES string of the molecule is O=C(c1nc2ccccc2s1)N(Cc1ccco1)c1nc2c(F)cc(F)cc2s1. The van der Waals surface area contributed by atoms with Crippen molar-refractivity contribution in [3.05, 3.63) is 77.2 Å². The zero-order valence-corrected chi connectivity index (χ0v) is 16.3. The molecule has 0 aliphatic rings. The van der Waals surface area contributed by atoms with E-state index in [0.29, 0.717) is 10.5 Å². The van der Waals surface area contributed by atoms with Gasteiger partial charge in [0.2, 0.25) is 0 Å². The number of hydrogen-bond donors (Lipinski definition) is 0. The van der Waals surface area contributed by atoms with Gasteiger partial charge in [-0.1, -0.05) is 23.5 Å². The van der Waals surface area contributed by atoms with E-state index in [4.69, 9.17) is 4.42 Å². The number of halogens is 2. The fourth-order valence-electron chi connectivity index (χ4n) is 2.92. The van der Waals surface area contributed by atoms with Gasteiger partial charge < -0.3 is 4.42 Å². The molecule has 9 heteroatoms. The van der Waals surface area contributed by atoms with Crippen molar-refractivity contribution in [2.24, 2.45) is 0 Å². The van der Waals surface area contributed by atoms with Gasteiger partial charge >= 0.3 is 0 Å². The number of thiazole rings is 2. The first-order chi connectivity index (χ1) is 14.1. The van der Waals surface area contributed by atoms with E-state index in [2.05, 4.69) is 9.97 Å². The highest BCUT2D eigenvalue weighted by Gasteiger charge is 2.26. The molecule has 1 amide bonds. The van der Waals surface area contributed by atoms with Crippen molar-refractivity contribution >= 4 is 54.1 Å². The molecule has 5 aromatic rings. The topological polar surface area (TPSA) is 59.2 Å². The zero-order valence-electron chi connectivity index (χ0n) is 14.6. The van der Waals surface area contributed by atoms with Gasteiger partial charge in [-0.25, -0.2) is 18.7 Å². The van der Waals surface area contributed by atoms with Crippen LogP contribution in [0.5, 0.6) is 0 Å². The van der Waals surface area contributed by atoms with Crippen molar-refractivity contribution in [1.29, 1.82) is 0 Å². The molecular formula is C20H11F2N3O2S2. The van der Waals surface area contributed by atoms with E-state index in [0.717, 1.165) is 27.6 Å². The Labute approximate surface area is 170 Å². The lowest BCUT2D eigenvalue weighted by atomic mass is 10.3. The number of anilines is 1. The number of benzene rings is 2. The number of fused-ring (bicyclic) bond motifs is 2. The Kier molecular flexibility index (Phi) is 4.33. The molecule has 0 aliphatic heterocycles. The maximum absolute atomic E-state index is 14.1. The minimum Gasteiger partial charge on any atom is -0.467 e. The number of furan rings is 1. The molecular weight excluding hydrogens is 416 g/mol. The number of carbonyl (C=O) groups is 1. The third-order valence-electron chi connectivity index (χ3n) is 4.25. The van der Waals surface area contributed by atoms with Crippen molar-refractivity contribution in [2.75, 3.05) is 4.90 Å². The molecule has 0 saturated carbocycles. The predicted molar refractivity (Wildman–Crippen MR) is 108 cm³/mol. The summed E-state index contributed by atoms with van der Waals surface area (Å²) in [6.45, 7) is 0.0890. The van der Waals surface area contributed by atoms with Crippen LogP contribution in [-0.4, -0.2) is 15.9 Å². The van der Waals surface area contributed by atoms with Crippen LogP contribution in [0.4, 0.5) is 13.9 Å². The number of para-hydroxylation sites is 1. The van der Waals surface area contributed by atoms with E-state index < -0.39 is 11.6 Å². The zero-order chi connectivity index (χ0) is 20.0.